The van der Waals surface area contributed by atoms with Gasteiger partial charge < -0.3 is 9.47 Å². The normalized spacial score (nSPS) is 10.1. The van der Waals surface area contributed by atoms with E-state index in [4.69, 9.17) is 4.74 Å². The number of aryl methyl sites for hydroxylation is 1. The van der Waals surface area contributed by atoms with E-state index in [0.29, 0.717) is 22.9 Å². The third-order valence-corrected chi connectivity index (χ3v) is 2.98. The second kappa shape index (κ2) is 5.84. The maximum absolute atomic E-state index is 11.4. The fraction of sp³-hybridized carbons (Fsp3) is 0.143. The molecule has 0 saturated carbocycles. The average molecular weight is 322 g/mol. The first-order chi connectivity index (χ1) is 9.10. The Labute approximate surface area is 119 Å². The minimum absolute atomic E-state index is 0.404. The van der Waals surface area contributed by atoms with Crippen molar-refractivity contribution in [1.29, 1.82) is 0 Å². The standard InChI is InChI=1S/C14H12BrNO3/c1-9-12(14(17)18-2)6-7-13(16-9)19-11-5-3-4-10(15)8-11/h3-8H,1-2H3. The minimum Gasteiger partial charge on any atom is -0.465 e. The van der Waals surface area contributed by atoms with E-state index >= 15 is 0 Å². The summed E-state index contributed by atoms with van der Waals surface area (Å²) in [5.74, 6) is 0.703. The van der Waals surface area contributed by atoms with E-state index in [9.17, 15) is 4.79 Å². The van der Waals surface area contributed by atoms with Gasteiger partial charge in [-0.3, -0.25) is 0 Å². The van der Waals surface area contributed by atoms with E-state index < -0.39 is 5.97 Å². The Morgan fingerprint density at radius 1 is 1.26 bits per heavy atom. The van der Waals surface area contributed by atoms with Crippen LogP contribution in [0.5, 0.6) is 11.6 Å². The van der Waals surface area contributed by atoms with Gasteiger partial charge in [0, 0.05) is 10.5 Å². The van der Waals surface area contributed by atoms with Crippen LogP contribution in [0.2, 0.25) is 0 Å². The van der Waals surface area contributed by atoms with Crippen LogP contribution < -0.4 is 4.74 Å². The quantitative estimate of drug-likeness (QED) is 0.808. The molecule has 1 aromatic carbocycles. The van der Waals surface area contributed by atoms with Gasteiger partial charge in [-0.25, -0.2) is 9.78 Å². The first kappa shape index (κ1) is 13.5. The lowest BCUT2D eigenvalue weighted by molar-refractivity contribution is 0.0599. The number of aromatic nitrogens is 1. The van der Waals surface area contributed by atoms with Crippen molar-refractivity contribution in [3.05, 3.63) is 52.1 Å². The molecule has 2 rings (SSSR count). The summed E-state index contributed by atoms with van der Waals surface area (Å²) >= 11 is 3.37. The molecule has 0 aliphatic heterocycles. The Bertz CT molecular complexity index is 613. The van der Waals surface area contributed by atoms with Gasteiger partial charge in [-0.15, -0.1) is 0 Å². The predicted molar refractivity (Wildman–Crippen MR) is 74.5 cm³/mol. The number of benzene rings is 1. The fourth-order valence-electron chi connectivity index (χ4n) is 1.57. The number of hydrogen-bond donors (Lipinski definition) is 0. The van der Waals surface area contributed by atoms with Crippen LogP contribution in [0, 0.1) is 6.92 Å². The first-order valence-corrected chi connectivity index (χ1v) is 6.39. The van der Waals surface area contributed by atoms with Crippen molar-refractivity contribution < 1.29 is 14.3 Å². The van der Waals surface area contributed by atoms with Crippen molar-refractivity contribution in [2.24, 2.45) is 0 Å². The Kier molecular flexibility index (Phi) is 4.16. The monoisotopic (exact) mass is 321 g/mol. The van der Waals surface area contributed by atoms with Crippen LogP contribution in [0.3, 0.4) is 0 Å². The molecule has 0 atom stereocenters. The zero-order chi connectivity index (χ0) is 13.8. The van der Waals surface area contributed by atoms with Crippen molar-refractivity contribution in [1.82, 2.24) is 4.98 Å². The molecule has 0 amide bonds. The van der Waals surface area contributed by atoms with Crippen molar-refractivity contribution >= 4 is 21.9 Å². The maximum atomic E-state index is 11.4. The highest BCUT2D eigenvalue weighted by Gasteiger charge is 2.11. The van der Waals surface area contributed by atoms with Crippen LogP contribution in [0.4, 0.5) is 0 Å². The smallest absolute Gasteiger partial charge is 0.339 e. The Morgan fingerprint density at radius 2 is 2.05 bits per heavy atom. The number of rotatable bonds is 3. The first-order valence-electron chi connectivity index (χ1n) is 5.59. The van der Waals surface area contributed by atoms with Gasteiger partial charge in [0.2, 0.25) is 5.88 Å². The number of carbonyl (C=O) groups excluding carboxylic acids is 1. The molecule has 0 N–H and O–H groups in total. The topological polar surface area (TPSA) is 48.4 Å². The molecule has 5 heteroatoms. The molecule has 0 spiro atoms. The van der Waals surface area contributed by atoms with E-state index in [1.807, 2.05) is 24.3 Å². The lowest BCUT2D eigenvalue weighted by Crippen LogP contribution is -2.05. The minimum atomic E-state index is -0.404. The Morgan fingerprint density at radius 3 is 2.68 bits per heavy atom. The van der Waals surface area contributed by atoms with E-state index in [1.54, 1.807) is 19.1 Å². The fourth-order valence-corrected chi connectivity index (χ4v) is 1.95. The predicted octanol–water partition coefficient (Wildman–Crippen LogP) is 3.73. The van der Waals surface area contributed by atoms with E-state index in [-0.39, 0.29) is 0 Å². The van der Waals surface area contributed by atoms with Gasteiger partial charge in [0.25, 0.3) is 0 Å². The second-order valence-electron chi connectivity index (χ2n) is 3.83. The Balaban J connectivity index is 2.23. The highest BCUT2D eigenvalue weighted by Crippen LogP contribution is 2.23. The summed E-state index contributed by atoms with van der Waals surface area (Å²) in [5.41, 5.74) is 1.00. The van der Waals surface area contributed by atoms with Gasteiger partial charge in [-0.05, 0) is 31.2 Å². The number of pyridine rings is 1. The number of hydrogen-bond acceptors (Lipinski definition) is 4. The second-order valence-corrected chi connectivity index (χ2v) is 4.75. The third kappa shape index (κ3) is 3.32. The number of nitrogens with zero attached hydrogens (tertiary/aromatic N) is 1. The largest absolute Gasteiger partial charge is 0.465 e. The molecule has 0 aliphatic carbocycles. The summed E-state index contributed by atoms with van der Waals surface area (Å²) in [6, 6.07) is 10.7. The molecule has 0 saturated heterocycles. The van der Waals surface area contributed by atoms with Crippen LogP contribution in [0.25, 0.3) is 0 Å². The van der Waals surface area contributed by atoms with E-state index in [1.165, 1.54) is 7.11 Å². The number of methoxy groups -OCH3 is 1. The molecule has 0 radical (unpaired) electrons. The zero-order valence-corrected chi connectivity index (χ0v) is 12.1. The van der Waals surface area contributed by atoms with Gasteiger partial charge >= 0.3 is 5.97 Å². The molecule has 0 bridgehead atoms. The van der Waals surface area contributed by atoms with Crippen LogP contribution in [-0.2, 0) is 4.74 Å². The van der Waals surface area contributed by atoms with Crippen LogP contribution in [0.15, 0.2) is 40.9 Å². The van der Waals surface area contributed by atoms with E-state index in [0.717, 1.165) is 4.47 Å². The van der Waals surface area contributed by atoms with Crippen molar-refractivity contribution in [3.63, 3.8) is 0 Å². The van der Waals surface area contributed by atoms with Gasteiger partial charge in [-0.2, -0.15) is 0 Å². The molecule has 19 heavy (non-hydrogen) atoms. The molecule has 0 unspecified atom stereocenters. The average Bonchev–Trinajstić information content (AvgIpc) is 2.38. The molecule has 0 aliphatic rings. The molecule has 2 aromatic rings. The van der Waals surface area contributed by atoms with Crippen molar-refractivity contribution in [3.8, 4) is 11.6 Å². The van der Waals surface area contributed by atoms with Crippen LogP contribution >= 0.6 is 15.9 Å². The summed E-state index contributed by atoms with van der Waals surface area (Å²) in [6.07, 6.45) is 0. The molecule has 1 heterocycles. The molecular weight excluding hydrogens is 310 g/mol. The van der Waals surface area contributed by atoms with Crippen molar-refractivity contribution in [2.45, 2.75) is 6.92 Å². The summed E-state index contributed by atoms with van der Waals surface area (Å²) in [7, 11) is 1.34. The van der Waals surface area contributed by atoms with Crippen LogP contribution in [0.1, 0.15) is 16.1 Å². The molecule has 1 aromatic heterocycles. The van der Waals surface area contributed by atoms with Gasteiger partial charge in [0.15, 0.2) is 0 Å². The number of halogens is 1. The van der Waals surface area contributed by atoms with E-state index in [2.05, 4.69) is 25.7 Å². The number of esters is 1. The summed E-state index contributed by atoms with van der Waals surface area (Å²) < 4.78 is 11.2. The maximum Gasteiger partial charge on any atom is 0.339 e. The Hall–Kier alpha value is -1.88. The highest BCUT2D eigenvalue weighted by atomic mass is 79.9. The lowest BCUT2D eigenvalue weighted by atomic mass is 10.2. The molecule has 4 nitrogen and oxygen atoms in total. The molecular formula is C14H12BrNO3. The lowest BCUT2D eigenvalue weighted by Gasteiger charge is -2.08. The highest BCUT2D eigenvalue weighted by molar-refractivity contribution is 9.10. The van der Waals surface area contributed by atoms with Crippen LogP contribution in [-0.4, -0.2) is 18.1 Å². The summed E-state index contributed by atoms with van der Waals surface area (Å²) in [5, 5.41) is 0. The van der Waals surface area contributed by atoms with Crippen molar-refractivity contribution in [2.75, 3.05) is 7.11 Å². The zero-order valence-electron chi connectivity index (χ0n) is 10.5. The molecule has 0 fully saturated rings. The van der Waals surface area contributed by atoms with Gasteiger partial charge in [-0.1, -0.05) is 22.0 Å². The number of ether oxygens (including phenoxy) is 2. The SMILES string of the molecule is COC(=O)c1ccc(Oc2cccc(Br)c2)nc1C. The summed E-state index contributed by atoms with van der Waals surface area (Å²) in [4.78, 5) is 15.7. The molecule has 98 valence electrons. The summed E-state index contributed by atoms with van der Waals surface area (Å²) in [6.45, 7) is 1.74. The number of carbonyl (C=O) groups is 1. The van der Waals surface area contributed by atoms with Gasteiger partial charge in [0.05, 0.1) is 18.4 Å². The van der Waals surface area contributed by atoms with Gasteiger partial charge in [0.1, 0.15) is 5.75 Å². The third-order valence-electron chi connectivity index (χ3n) is 2.48.